The van der Waals surface area contributed by atoms with Crippen LogP contribution in [0.15, 0.2) is 48.5 Å². The summed E-state index contributed by atoms with van der Waals surface area (Å²) in [5.74, 6) is 0.592. The number of rotatable bonds is 2. The molecule has 0 radical (unpaired) electrons. The van der Waals surface area contributed by atoms with Crippen molar-refractivity contribution in [2.75, 3.05) is 0 Å². The van der Waals surface area contributed by atoms with E-state index in [2.05, 4.69) is 18.0 Å². The van der Waals surface area contributed by atoms with E-state index in [1.54, 1.807) is 0 Å². The van der Waals surface area contributed by atoms with Crippen LogP contribution in [0.25, 0.3) is 22.4 Å². The Bertz CT molecular complexity index is 789. The van der Waals surface area contributed by atoms with E-state index in [9.17, 15) is 4.79 Å². The third kappa shape index (κ3) is 1.95. The summed E-state index contributed by atoms with van der Waals surface area (Å²) in [4.78, 5) is 16.3. The van der Waals surface area contributed by atoms with Crippen molar-refractivity contribution in [2.24, 2.45) is 5.73 Å². The number of aryl methyl sites for hydroxylation is 1. The molecule has 0 unspecified atom stereocenters. The number of hydrogen-bond donors (Lipinski definition) is 1. The molecule has 0 saturated heterocycles. The average Bonchev–Trinajstić information content (AvgIpc) is 2.87. The van der Waals surface area contributed by atoms with Gasteiger partial charge in [0, 0.05) is 5.56 Å². The van der Waals surface area contributed by atoms with Crippen molar-refractivity contribution in [3.05, 3.63) is 54.1 Å². The second-order valence-electron chi connectivity index (χ2n) is 4.65. The minimum atomic E-state index is -0.518. The molecular weight excluding hydrogens is 250 g/mol. The van der Waals surface area contributed by atoms with Gasteiger partial charge in [-0.15, -0.1) is 0 Å². The van der Waals surface area contributed by atoms with Crippen molar-refractivity contribution in [2.45, 2.75) is 13.3 Å². The monoisotopic (exact) mass is 265 g/mol. The van der Waals surface area contributed by atoms with Gasteiger partial charge in [-0.05, 0) is 30.2 Å². The highest BCUT2D eigenvalue weighted by Gasteiger charge is 2.15. The van der Waals surface area contributed by atoms with Gasteiger partial charge in [0.15, 0.2) is 0 Å². The minimum absolute atomic E-state index is 0.518. The molecule has 0 aliphatic carbocycles. The third-order valence-corrected chi connectivity index (χ3v) is 3.37. The Morgan fingerprint density at radius 3 is 2.75 bits per heavy atom. The fourth-order valence-electron chi connectivity index (χ4n) is 2.37. The van der Waals surface area contributed by atoms with Gasteiger partial charge in [-0.1, -0.05) is 37.3 Å². The molecule has 1 heterocycles. The number of carbonyl (C=O) groups excluding carboxylic acids is 1. The van der Waals surface area contributed by atoms with Crippen LogP contribution in [-0.2, 0) is 6.42 Å². The number of primary amides is 1. The van der Waals surface area contributed by atoms with Gasteiger partial charge in [0.1, 0.15) is 5.82 Å². The van der Waals surface area contributed by atoms with Crippen LogP contribution in [0.1, 0.15) is 12.5 Å². The van der Waals surface area contributed by atoms with E-state index in [4.69, 9.17) is 5.73 Å². The Morgan fingerprint density at radius 1 is 1.20 bits per heavy atom. The molecule has 100 valence electrons. The number of aromatic nitrogens is 2. The molecule has 0 atom stereocenters. The molecule has 0 aliphatic heterocycles. The van der Waals surface area contributed by atoms with Crippen molar-refractivity contribution in [1.82, 2.24) is 9.55 Å². The normalized spacial score (nSPS) is 10.8. The highest BCUT2D eigenvalue weighted by molar-refractivity contribution is 5.93. The molecule has 3 aromatic rings. The Kier molecular flexibility index (Phi) is 2.99. The first-order valence-corrected chi connectivity index (χ1v) is 6.57. The predicted octanol–water partition coefficient (Wildman–Crippen LogP) is 3.19. The lowest BCUT2D eigenvalue weighted by molar-refractivity contribution is 0.251. The van der Waals surface area contributed by atoms with Gasteiger partial charge in [-0.25, -0.2) is 14.3 Å². The van der Waals surface area contributed by atoms with Crippen LogP contribution in [0.2, 0.25) is 0 Å². The fraction of sp³-hybridized carbons (Fsp3) is 0.125. The number of fused-ring (bicyclic) bond motifs is 1. The number of amides is 1. The lowest BCUT2D eigenvalue weighted by atomic mass is 10.1. The SMILES string of the molecule is CCc1cccc(-c2nc3ccccc3n2C(N)=O)c1. The number of nitrogens with two attached hydrogens (primary N) is 1. The Hall–Kier alpha value is -2.62. The summed E-state index contributed by atoms with van der Waals surface area (Å²) in [6.07, 6.45) is 0.935. The van der Waals surface area contributed by atoms with Crippen LogP contribution in [-0.4, -0.2) is 15.6 Å². The van der Waals surface area contributed by atoms with Gasteiger partial charge in [-0.3, -0.25) is 0 Å². The minimum Gasteiger partial charge on any atom is -0.351 e. The third-order valence-electron chi connectivity index (χ3n) is 3.37. The molecule has 1 amide bonds. The summed E-state index contributed by atoms with van der Waals surface area (Å²) < 4.78 is 1.46. The van der Waals surface area contributed by atoms with Gasteiger partial charge in [0.2, 0.25) is 0 Å². The average molecular weight is 265 g/mol. The predicted molar refractivity (Wildman–Crippen MR) is 79.5 cm³/mol. The molecule has 2 N–H and O–H groups in total. The highest BCUT2D eigenvalue weighted by Crippen LogP contribution is 2.25. The van der Waals surface area contributed by atoms with E-state index < -0.39 is 6.03 Å². The first kappa shape index (κ1) is 12.4. The topological polar surface area (TPSA) is 60.9 Å². The van der Waals surface area contributed by atoms with E-state index >= 15 is 0 Å². The smallest absolute Gasteiger partial charge is 0.325 e. The van der Waals surface area contributed by atoms with Gasteiger partial charge >= 0.3 is 6.03 Å². The van der Waals surface area contributed by atoms with Crippen molar-refractivity contribution in [3.8, 4) is 11.4 Å². The summed E-state index contributed by atoms with van der Waals surface area (Å²) in [5.41, 5.74) is 9.12. The molecule has 2 aromatic carbocycles. The lowest BCUT2D eigenvalue weighted by Crippen LogP contribution is -2.20. The molecule has 0 bridgehead atoms. The number of carbonyl (C=O) groups is 1. The van der Waals surface area contributed by atoms with E-state index in [1.165, 1.54) is 10.1 Å². The molecule has 0 saturated carbocycles. The molecule has 0 aliphatic rings. The van der Waals surface area contributed by atoms with E-state index in [-0.39, 0.29) is 0 Å². The van der Waals surface area contributed by atoms with Crippen molar-refractivity contribution >= 4 is 17.1 Å². The zero-order chi connectivity index (χ0) is 14.1. The van der Waals surface area contributed by atoms with Gasteiger partial charge in [0.25, 0.3) is 0 Å². The molecular formula is C16H15N3O. The zero-order valence-electron chi connectivity index (χ0n) is 11.2. The highest BCUT2D eigenvalue weighted by atomic mass is 16.2. The Labute approximate surface area is 116 Å². The van der Waals surface area contributed by atoms with E-state index in [1.807, 2.05) is 42.5 Å². The lowest BCUT2D eigenvalue weighted by Gasteiger charge is -2.05. The molecule has 4 heteroatoms. The van der Waals surface area contributed by atoms with Crippen LogP contribution in [0, 0.1) is 0 Å². The summed E-state index contributed by atoms with van der Waals surface area (Å²) in [5, 5.41) is 0. The number of para-hydroxylation sites is 2. The number of benzene rings is 2. The van der Waals surface area contributed by atoms with Crippen LogP contribution >= 0.6 is 0 Å². The number of nitrogens with zero attached hydrogens (tertiary/aromatic N) is 2. The van der Waals surface area contributed by atoms with Crippen LogP contribution in [0.4, 0.5) is 4.79 Å². The van der Waals surface area contributed by atoms with Gasteiger partial charge < -0.3 is 5.73 Å². The Morgan fingerprint density at radius 2 is 2.00 bits per heavy atom. The van der Waals surface area contributed by atoms with E-state index in [0.29, 0.717) is 5.82 Å². The maximum Gasteiger partial charge on any atom is 0.325 e. The van der Waals surface area contributed by atoms with Crippen LogP contribution < -0.4 is 5.73 Å². The van der Waals surface area contributed by atoms with Crippen molar-refractivity contribution < 1.29 is 4.79 Å². The maximum absolute atomic E-state index is 11.8. The summed E-state index contributed by atoms with van der Waals surface area (Å²) in [6, 6.07) is 15.0. The molecule has 4 nitrogen and oxygen atoms in total. The first-order chi connectivity index (χ1) is 9.70. The quantitative estimate of drug-likeness (QED) is 0.773. The molecule has 0 spiro atoms. The van der Waals surface area contributed by atoms with Crippen molar-refractivity contribution in [1.29, 1.82) is 0 Å². The first-order valence-electron chi connectivity index (χ1n) is 6.57. The molecule has 3 rings (SSSR count). The van der Waals surface area contributed by atoms with Crippen LogP contribution in [0.5, 0.6) is 0 Å². The molecule has 1 aromatic heterocycles. The van der Waals surface area contributed by atoms with E-state index in [0.717, 1.165) is 23.0 Å². The Balaban J connectivity index is 2.29. The second kappa shape index (κ2) is 4.81. The number of imidazole rings is 1. The summed E-state index contributed by atoms with van der Waals surface area (Å²) in [7, 11) is 0. The van der Waals surface area contributed by atoms with Crippen molar-refractivity contribution in [3.63, 3.8) is 0 Å². The molecule has 0 fully saturated rings. The van der Waals surface area contributed by atoms with Crippen LogP contribution in [0.3, 0.4) is 0 Å². The summed E-state index contributed by atoms with van der Waals surface area (Å²) in [6.45, 7) is 2.09. The fourth-order valence-corrected chi connectivity index (χ4v) is 2.37. The number of hydrogen-bond acceptors (Lipinski definition) is 2. The second-order valence-corrected chi connectivity index (χ2v) is 4.65. The maximum atomic E-state index is 11.8. The zero-order valence-corrected chi connectivity index (χ0v) is 11.2. The summed E-state index contributed by atoms with van der Waals surface area (Å²) >= 11 is 0. The van der Waals surface area contributed by atoms with Gasteiger partial charge in [0.05, 0.1) is 11.0 Å². The van der Waals surface area contributed by atoms with Gasteiger partial charge in [-0.2, -0.15) is 0 Å². The standard InChI is InChI=1S/C16H15N3O/c1-2-11-6-5-7-12(10-11)15-18-13-8-3-4-9-14(13)19(15)16(17)20/h3-10H,2H2,1H3,(H2,17,20). The largest absolute Gasteiger partial charge is 0.351 e. The molecule has 20 heavy (non-hydrogen) atoms.